The van der Waals surface area contributed by atoms with Gasteiger partial charge in [0.05, 0.1) is 6.54 Å². The molecule has 1 N–H and O–H groups in total. The van der Waals surface area contributed by atoms with E-state index in [1.807, 2.05) is 53.4 Å². The molecule has 2 saturated carbocycles. The Labute approximate surface area is 269 Å². The van der Waals surface area contributed by atoms with Crippen LogP contribution in [-0.4, -0.2) is 23.4 Å². The van der Waals surface area contributed by atoms with Crippen LogP contribution in [0.3, 0.4) is 0 Å². The molecule has 0 unspecified atom stereocenters. The summed E-state index contributed by atoms with van der Waals surface area (Å²) in [6.45, 7) is 3.60. The summed E-state index contributed by atoms with van der Waals surface area (Å²) in [5, 5.41) is 2.92. The molecule has 2 aliphatic carbocycles. The zero-order valence-electron chi connectivity index (χ0n) is 25.8. The van der Waals surface area contributed by atoms with Gasteiger partial charge in [0.2, 0.25) is 11.8 Å². The smallest absolute Gasteiger partial charge is 0.230 e. The van der Waals surface area contributed by atoms with Crippen molar-refractivity contribution in [3.63, 3.8) is 0 Å². The van der Waals surface area contributed by atoms with Crippen molar-refractivity contribution >= 4 is 50.7 Å². The fraction of sp³-hybridized carbons (Fsp3) is 0.405. The van der Waals surface area contributed by atoms with Crippen molar-refractivity contribution in [2.45, 2.75) is 84.6 Å². The maximum Gasteiger partial charge on any atom is 0.230 e. The highest BCUT2D eigenvalue weighted by molar-refractivity contribution is 9.10. The van der Waals surface area contributed by atoms with Gasteiger partial charge in [0, 0.05) is 38.8 Å². The van der Waals surface area contributed by atoms with Gasteiger partial charge in [-0.1, -0.05) is 90.9 Å². The van der Waals surface area contributed by atoms with Gasteiger partial charge in [0.15, 0.2) is 11.6 Å². The van der Waals surface area contributed by atoms with Crippen LogP contribution in [0.25, 0.3) is 0 Å². The standard InChI is InChI=1S/C22H24BrNO2.C15H19NO2/c1-16(25)19-8-5-9-21(14-19)24(15-17-10-12-20(23)13-11-17)22(26)18-6-3-2-4-7-18;1-11(17)13-8-5-9-14(10-13)16-15(18)12-6-3-2-4-7-12/h5,8-14,18H,2-4,6-7,15H2,1H3;5,8-10,12H,2-4,6-7H2,1H3,(H,16,18). The molecule has 3 aromatic rings. The van der Waals surface area contributed by atoms with Crippen molar-refractivity contribution in [1.29, 1.82) is 0 Å². The summed E-state index contributed by atoms with van der Waals surface area (Å²) in [7, 11) is 0. The Bertz CT molecular complexity index is 1440. The van der Waals surface area contributed by atoms with E-state index >= 15 is 0 Å². The Morgan fingerprint density at radius 1 is 0.705 bits per heavy atom. The molecule has 0 radical (unpaired) electrons. The molecule has 6 nitrogen and oxygen atoms in total. The van der Waals surface area contributed by atoms with Crippen LogP contribution in [0.2, 0.25) is 0 Å². The van der Waals surface area contributed by atoms with E-state index in [-0.39, 0.29) is 35.2 Å². The highest BCUT2D eigenvalue weighted by Gasteiger charge is 2.27. The SMILES string of the molecule is CC(=O)c1cccc(N(Cc2ccc(Br)cc2)C(=O)C2CCCCC2)c1.CC(=O)c1cccc(NC(=O)C2CCCCC2)c1. The molecule has 0 aliphatic heterocycles. The molecule has 0 saturated heterocycles. The summed E-state index contributed by atoms with van der Waals surface area (Å²) in [6.07, 6.45) is 10.9. The van der Waals surface area contributed by atoms with Crippen LogP contribution in [-0.2, 0) is 16.1 Å². The van der Waals surface area contributed by atoms with Gasteiger partial charge in [0.25, 0.3) is 0 Å². The molecule has 2 fully saturated rings. The van der Waals surface area contributed by atoms with Gasteiger partial charge in [-0.15, -0.1) is 0 Å². The summed E-state index contributed by atoms with van der Waals surface area (Å²) in [5.41, 5.74) is 3.87. The minimum absolute atomic E-state index is 0.0144. The molecule has 7 heteroatoms. The number of carbonyl (C=O) groups excluding carboxylic acids is 4. The molecule has 3 aromatic carbocycles. The Morgan fingerprint density at radius 3 is 1.84 bits per heavy atom. The number of hydrogen-bond donors (Lipinski definition) is 1. The molecule has 232 valence electrons. The number of hydrogen-bond acceptors (Lipinski definition) is 4. The van der Waals surface area contributed by atoms with E-state index in [9.17, 15) is 19.2 Å². The molecule has 0 bridgehead atoms. The van der Waals surface area contributed by atoms with Crippen LogP contribution in [0.4, 0.5) is 11.4 Å². The van der Waals surface area contributed by atoms with Gasteiger partial charge in [-0.2, -0.15) is 0 Å². The predicted octanol–water partition coefficient (Wildman–Crippen LogP) is 9.17. The first kappa shape index (κ1) is 33.3. The Balaban J connectivity index is 0.000000215. The molecule has 0 aromatic heterocycles. The third kappa shape index (κ3) is 9.71. The molecule has 44 heavy (non-hydrogen) atoms. The first-order chi connectivity index (χ1) is 21.2. The van der Waals surface area contributed by atoms with Crippen molar-refractivity contribution in [3.05, 3.63) is 94.0 Å². The second-order valence-electron chi connectivity index (χ2n) is 12.0. The maximum atomic E-state index is 13.3. The largest absolute Gasteiger partial charge is 0.326 e. The van der Waals surface area contributed by atoms with Crippen LogP contribution in [0, 0.1) is 11.8 Å². The third-order valence-electron chi connectivity index (χ3n) is 8.55. The normalized spacial score (nSPS) is 15.4. The average Bonchev–Trinajstić information content (AvgIpc) is 3.05. The summed E-state index contributed by atoms with van der Waals surface area (Å²) in [5.74, 6) is 0.521. The summed E-state index contributed by atoms with van der Waals surface area (Å²) < 4.78 is 1.02. The van der Waals surface area contributed by atoms with Crippen LogP contribution in [0.15, 0.2) is 77.3 Å². The van der Waals surface area contributed by atoms with E-state index in [0.29, 0.717) is 17.7 Å². The monoisotopic (exact) mass is 658 g/mol. The van der Waals surface area contributed by atoms with E-state index in [4.69, 9.17) is 0 Å². The zero-order chi connectivity index (χ0) is 31.5. The van der Waals surface area contributed by atoms with Crippen molar-refractivity contribution < 1.29 is 19.2 Å². The van der Waals surface area contributed by atoms with Crippen molar-refractivity contribution in [2.75, 3.05) is 10.2 Å². The van der Waals surface area contributed by atoms with Gasteiger partial charge < -0.3 is 10.2 Å². The van der Waals surface area contributed by atoms with Crippen molar-refractivity contribution in [1.82, 2.24) is 0 Å². The molecule has 0 heterocycles. The second-order valence-corrected chi connectivity index (χ2v) is 12.9. The second kappa shape index (κ2) is 16.5. The lowest BCUT2D eigenvalue weighted by Gasteiger charge is -2.30. The maximum absolute atomic E-state index is 13.3. The summed E-state index contributed by atoms with van der Waals surface area (Å²) in [4.78, 5) is 50.2. The molecule has 0 spiro atoms. The Morgan fingerprint density at radius 2 is 1.25 bits per heavy atom. The average molecular weight is 660 g/mol. The Hall–Kier alpha value is -3.58. The van der Waals surface area contributed by atoms with Crippen LogP contribution in [0.1, 0.15) is 104 Å². The minimum atomic E-state index is 0.0144. The molecule has 2 aliphatic rings. The topological polar surface area (TPSA) is 83.6 Å². The number of nitrogens with zero attached hydrogens (tertiary/aromatic N) is 1. The summed E-state index contributed by atoms with van der Waals surface area (Å²) >= 11 is 3.46. The van der Waals surface area contributed by atoms with Gasteiger partial charge >= 0.3 is 0 Å². The van der Waals surface area contributed by atoms with Gasteiger partial charge in [-0.25, -0.2) is 0 Å². The molecular weight excluding hydrogens is 616 g/mol. The van der Waals surface area contributed by atoms with Gasteiger partial charge in [0.1, 0.15) is 0 Å². The number of carbonyl (C=O) groups is 4. The quantitative estimate of drug-likeness (QED) is 0.245. The fourth-order valence-corrected chi connectivity index (χ4v) is 6.22. The molecular formula is C37H43BrN2O4. The van der Waals surface area contributed by atoms with E-state index in [0.717, 1.165) is 72.8 Å². The zero-order valence-corrected chi connectivity index (χ0v) is 27.4. The van der Waals surface area contributed by atoms with Gasteiger partial charge in [-0.3, -0.25) is 19.2 Å². The lowest BCUT2D eigenvalue weighted by Crippen LogP contribution is -2.36. The highest BCUT2D eigenvalue weighted by atomic mass is 79.9. The molecule has 0 atom stereocenters. The molecule has 2 amide bonds. The first-order valence-electron chi connectivity index (χ1n) is 15.8. The number of rotatable bonds is 8. The number of amides is 2. The minimum Gasteiger partial charge on any atom is -0.326 e. The van der Waals surface area contributed by atoms with Crippen LogP contribution >= 0.6 is 15.9 Å². The highest BCUT2D eigenvalue weighted by Crippen LogP contribution is 2.30. The number of anilines is 2. The summed E-state index contributed by atoms with van der Waals surface area (Å²) in [6, 6.07) is 22.6. The number of benzene rings is 3. The first-order valence-corrected chi connectivity index (χ1v) is 16.6. The molecule has 5 rings (SSSR count). The Kier molecular flexibility index (Phi) is 12.5. The van der Waals surface area contributed by atoms with Gasteiger partial charge in [-0.05, 0) is 81.5 Å². The predicted molar refractivity (Wildman–Crippen MR) is 180 cm³/mol. The fourth-order valence-electron chi connectivity index (χ4n) is 5.96. The van der Waals surface area contributed by atoms with E-state index < -0.39 is 0 Å². The lowest BCUT2D eigenvalue weighted by molar-refractivity contribution is -0.123. The van der Waals surface area contributed by atoms with E-state index in [2.05, 4.69) is 21.2 Å². The third-order valence-corrected chi connectivity index (χ3v) is 9.08. The van der Waals surface area contributed by atoms with E-state index in [1.54, 1.807) is 31.2 Å². The lowest BCUT2D eigenvalue weighted by atomic mass is 9.88. The van der Waals surface area contributed by atoms with E-state index in [1.165, 1.54) is 19.8 Å². The van der Waals surface area contributed by atoms with Crippen LogP contribution in [0.5, 0.6) is 0 Å². The number of Topliss-reactive ketones (excluding diaryl/α,β-unsaturated/α-hetero) is 2. The number of nitrogens with one attached hydrogen (secondary N) is 1. The number of halogens is 1. The number of ketones is 2. The van der Waals surface area contributed by atoms with Crippen LogP contribution < -0.4 is 10.2 Å². The van der Waals surface area contributed by atoms with Crippen molar-refractivity contribution in [3.8, 4) is 0 Å². The van der Waals surface area contributed by atoms with Crippen molar-refractivity contribution in [2.24, 2.45) is 11.8 Å².